The van der Waals surface area contributed by atoms with Crippen LogP contribution in [-0.2, 0) is 23.9 Å². The van der Waals surface area contributed by atoms with Crippen LogP contribution in [0.5, 0.6) is 11.5 Å². The molecule has 3 rings (SSSR count). The van der Waals surface area contributed by atoms with Gasteiger partial charge in [-0.3, -0.25) is 14.9 Å². The van der Waals surface area contributed by atoms with Crippen molar-refractivity contribution in [1.29, 1.82) is 0 Å². The monoisotopic (exact) mass is 443 g/mol. The lowest BCUT2D eigenvalue weighted by atomic mass is 9.70. The van der Waals surface area contributed by atoms with Crippen LogP contribution in [-0.4, -0.2) is 38.5 Å². The van der Waals surface area contributed by atoms with Crippen molar-refractivity contribution in [2.75, 3.05) is 20.8 Å². The Labute approximate surface area is 187 Å². The number of amides is 1. The van der Waals surface area contributed by atoms with E-state index in [1.807, 2.05) is 13.8 Å². The number of allylic oxidation sites excluding steroid dienone is 2. The zero-order valence-electron chi connectivity index (χ0n) is 19.3. The Morgan fingerprint density at radius 3 is 2.44 bits per heavy atom. The van der Waals surface area contributed by atoms with Crippen LogP contribution in [0, 0.1) is 5.41 Å². The summed E-state index contributed by atoms with van der Waals surface area (Å²) in [5.41, 5.74) is 0.771. The highest BCUT2D eigenvalue weighted by Crippen LogP contribution is 2.49. The molecule has 0 bridgehead atoms. The molecule has 8 heteroatoms. The minimum absolute atomic E-state index is 0.0139. The van der Waals surface area contributed by atoms with Gasteiger partial charge in [-0.25, -0.2) is 4.79 Å². The summed E-state index contributed by atoms with van der Waals surface area (Å²) in [6.45, 7) is 7.09. The highest BCUT2D eigenvalue weighted by molar-refractivity contribution is 6.04. The van der Waals surface area contributed by atoms with Crippen molar-refractivity contribution in [3.05, 3.63) is 46.6 Å². The summed E-state index contributed by atoms with van der Waals surface area (Å²) in [6, 6.07) is 5.19. The second kappa shape index (κ2) is 9.06. The van der Waals surface area contributed by atoms with Crippen molar-refractivity contribution in [3.8, 4) is 11.5 Å². The molecule has 1 amide bonds. The van der Waals surface area contributed by atoms with Gasteiger partial charge in [-0.2, -0.15) is 0 Å². The van der Waals surface area contributed by atoms with Crippen LogP contribution in [0.25, 0.3) is 0 Å². The van der Waals surface area contributed by atoms with E-state index in [1.54, 1.807) is 25.1 Å². The SMILES string of the molecule is CCOC(=O)C1=C(NC(C)=O)OC2=C(C(=O)CC(C)(C)C2)C1c1ccc(OC)c(OC)c1. The number of esters is 1. The van der Waals surface area contributed by atoms with Gasteiger partial charge < -0.3 is 18.9 Å². The van der Waals surface area contributed by atoms with Gasteiger partial charge in [0.25, 0.3) is 0 Å². The van der Waals surface area contributed by atoms with Gasteiger partial charge in [-0.15, -0.1) is 0 Å². The van der Waals surface area contributed by atoms with Crippen LogP contribution in [0.2, 0.25) is 0 Å². The summed E-state index contributed by atoms with van der Waals surface area (Å²) in [5, 5.41) is 2.61. The molecule has 1 aliphatic heterocycles. The zero-order valence-corrected chi connectivity index (χ0v) is 19.3. The lowest BCUT2D eigenvalue weighted by molar-refractivity contribution is -0.139. The fourth-order valence-electron chi connectivity index (χ4n) is 4.18. The van der Waals surface area contributed by atoms with E-state index in [9.17, 15) is 14.4 Å². The van der Waals surface area contributed by atoms with E-state index in [4.69, 9.17) is 18.9 Å². The molecule has 0 saturated heterocycles. The topological polar surface area (TPSA) is 100 Å². The molecular weight excluding hydrogens is 414 g/mol. The van der Waals surface area contributed by atoms with E-state index < -0.39 is 17.8 Å². The Kier molecular flexibility index (Phi) is 6.62. The van der Waals surface area contributed by atoms with Crippen LogP contribution in [0.4, 0.5) is 0 Å². The van der Waals surface area contributed by atoms with Gasteiger partial charge in [0.2, 0.25) is 11.8 Å². The number of hydrogen-bond donors (Lipinski definition) is 1. The van der Waals surface area contributed by atoms with E-state index >= 15 is 0 Å². The summed E-state index contributed by atoms with van der Waals surface area (Å²) in [7, 11) is 3.04. The number of benzene rings is 1. The largest absolute Gasteiger partial charge is 0.493 e. The molecule has 1 N–H and O–H groups in total. The molecule has 0 spiro atoms. The number of carbonyl (C=O) groups is 3. The molecule has 1 heterocycles. The first-order chi connectivity index (χ1) is 15.1. The van der Waals surface area contributed by atoms with Crippen molar-refractivity contribution in [2.24, 2.45) is 5.41 Å². The third-order valence-corrected chi connectivity index (χ3v) is 5.45. The molecule has 1 aliphatic carbocycles. The highest BCUT2D eigenvalue weighted by Gasteiger charge is 2.45. The summed E-state index contributed by atoms with van der Waals surface area (Å²) in [5.74, 6) is -0.576. The number of carbonyl (C=O) groups excluding carboxylic acids is 3. The molecule has 0 fully saturated rings. The second-order valence-electron chi connectivity index (χ2n) is 8.57. The quantitative estimate of drug-likeness (QED) is 0.673. The smallest absolute Gasteiger partial charge is 0.340 e. The van der Waals surface area contributed by atoms with Gasteiger partial charge in [0, 0.05) is 25.3 Å². The van der Waals surface area contributed by atoms with E-state index in [1.165, 1.54) is 21.1 Å². The number of methoxy groups -OCH3 is 2. The van der Waals surface area contributed by atoms with Gasteiger partial charge in [0.1, 0.15) is 11.3 Å². The van der Waals surface area contributed by atoms with Crippen molar-refractivity contribution >= 4 is 17.7 Å². The molecule has 32 heavy (non-hydrogen) atoms. The number of Topliss-reactive ketones (excluding diaryl/α,β-unsaturated/α-hetero) is 1. The fourth-order valence-corrected chi connectivity index (χ4v) is 4.18. The molecule has 2 aliphatic rings. The van der Waals surface area contributed by atoms with Crippen LogP contribution in [0.3, 0.4) is 0 Å². The molecule has 1 unspecified atom stereocenters. The van der Waals surface area contributed by atoms with Gasteiger partial charge in [0.05, 0.1) is 26.7 Å². The first kappa shape index (κ1) is 23.4. The molecule has 0 radical (unpaired) electrons. The van der Waals surface area contributed by atoms with E-state index in [-0.39, 0.29) is 29.3 Å². The number of nitrogens with one attached hydrogen (secondary N) is 1. The van der Waals surface area contributed by atoms with Crippen LogP contribution in [0.15, 0.2) is 41.0 Å². The maximum Gasteiger partial charge on any atom is 0.340 e. The van der Waals surface area contributed by atoms with E-state index in [0.29, 0.717) is 41.2 Å². The minimum atomic E-state index is -0.789. The normalized spacial score (nSPS) is 19.7. The Morgan fingerprint density at radius 2 is 1.84 bits per heavy atom. The number of ether oxygens (including phenoxy) is 4. The summed E-state index contributed by atoms with van der Waals surface area (Å²) < 4.78 is 22.0. The molecule has 0 aromatic heterocycles. The first-order valence-electron chi connectivity index (χ1n) is 10.5. The van der Waals surface area contributed by atoms with Gasteiger partial charge in [-0.1, -0.05) is 19.9 Å². The lowest BCUT2D eigenvalue weighted by Gasteiger charge is -2.38. The summed E-state index contributed by atoms with van der Waals surface area (Å²) >= 11 is 0. The molecular formula is C24H29NO7. The maximum absolute atomic E-state index is 13.3. The predicted molar refractivity (Wildman–Crippen MR) is 116 cm³/mol. The van der Waals surface area contributed by atoms with Crippen molar-refractivity contribution in [2.45, 2.75) is 46.5 Å². The second-order valence-corrected chi connectivity index (χ2v) is 8.57. The third kappa shape index (κ3) is 4.49. The summed E-state index contributed by atoms with van der Waals surface area (Å²) in [4.78, 5) is 38.3. The van der Waals surface area contributed by atoms with Crippen molar-refractivity contribution < 1.29 is 33.3 Å². The number of hydrogen-bond acceptors (Lipinski definition) is 7. The maximum atomic E-state index is 13.3. The fraction of sp³-hybridized carbons (Fsp3) is 0.458. The molecule has 172 valence electrons. The van der Waals surface area contributed by atoms with Crippen LogP contribution >= 0.6 is 0 Å². The molecule has 1 aromatic carbocycles. The number of ketones is 1. The molecule has 1 atom stereocenters. The average Bonchev–Trinajstić information content (AvgIpc) is 2.71. The average molecular weight is 443 g/mol. The van der Waals surface area contributed by atoms with Gasteiger partial charge in [0.15, 0.2) is 17.3 Å². The van der Waals surface area contributed by atoms with Crippen LogP contribution in [0.1, 0.15) is 52.0 Å². The van der Waals surface area contributed by atoms with E-state index in [0.717, 1.165) is 0 Å². The minimum Gasteiger partial charge on any atom is -0.493 e. The lowest BCUT2D eigenvalue weighted by Crippen LogP contribution is -2.37. The summed E-state index contributed by atoms with van der Waals surface area (Å²) in [6.07, 6.45) is 0.793. The first-order valence-corrected chi connectivity index (χ1v) is 10.5. The van der Waals surface area contributed by atoms with E-state index in [2.05, 4.69) is 5.32 Å². The Bertz CT molecular complexity index is 1020. The van der Waals surface area contributed by atoms with Crippen LogP contribution < -0.4 is 14.8 Å². The Balaban J connectivity index is 2.28. The molecule has 1 aromatic rings. The molecule has 8 nitrogen and oxygen atoms in total. The van der Waals surface area contributed by atoms with Crippen molar-refractivity contribution in [3.63, 3.8) is 0 Å². The Hall–Kier alpha value is -3.29. The van der Waals surface area contributed by atoms with Gasteiger partial charge in [-0.05, 0) is 30.0 Å². The number of rotatable bonds is 6. The zero-order chi connectivity index (χ0) is 23.6. The highest BCUT2D eigenvalue weighted by atomic mass is 16.5. The molecule has 0 saturated carbocycles. The third-order valence-electron chi connectivity index (χ3n) is 5.45. The standard InChI is InChI=1S/C24H29NO7/c1-7-31-23(28)21-19(14-8-9-16(29-5)17(10-14)30-6)20-15(27)11-24(3,4)12-18(20)32-22(21)25-13(2)26/h8-10,19H,7,11-12H2,1-6H3,(H,25,26). The predicted octanol–water partition coefficient (Wildman–Crippen LogP) is 3.37. The Morgan fingerprint density at radius 1 is 1.16 bits per heavy atom. The van der Waals surface area contributed by atoms with Gasteiger partial charge >= 0.3 is 5.97 Å². The van der Waals surface area contributed by atoms with Crippen molar-refractivity contribution in [1.82, 2.24) is 5.32 Å².